The van der Waals surface area contributed by atoms with Gasteiger partial charge >= 0.3 is 0 Å². The summed E-state index contributed by atoms with van der Waals surface area (Å²) in [5.41, 5.74) is 4.24. The lowest BCUT2D eigenvalue weighted by molar-refractivity contribution is 0.678. The first-order valence-corrected chi connectivity index (χ1v) is 7.89. The van der Waals surface area contributed by atoms with Crippen molar-refractivity contribution in [2.45, 2.75) is 58.9 Å². The topological polar surface area (TPSA) is 15.3 Å². The van der Waals surface area contributed by atoms with E-state index in [9.17, 15) is 0 Å². The molecule has 2 rings (SSSR count). The van der Waals surface area contributed by atoms with Gasteiger partial charge < -0.3 is 10.2 Å². The first kappa shape index (κ1) is 14.2. The van der Waals surface area contributed by atoms with Gasteiger partial charge in [-0.15, -0.1) is 0 Å². The SMILES string of the molecule is CCCCN(CCCC)c1ccc2c(c1)CC(C)N2. The summed E-state index contributed by atoms with van der Waals surface area (Å²) >= 11 is 0. The Morgan fingerprint density at radius 2 is 1.84 bits per heavy atom. The Balaban J connectivity index is 2.10. The smallest absolute Gasteiger partial charge is 0.0377 e. The molecule has 1 unspecified atom stereocenters. The Labute approximate surface area is 118 Å². The maximum atomic E-state index is 3.53. The maximum absolute atomic E-state index is 3.53. The molecule has 0 aliphatic carbocycles. The third-order valence-electron chi connectivity index (χ3n) is 3.95. The van der Waals surface area contributed by atoms with Gasteiger partial charge in [0.15, 0.2) is 0 Å². The summed E-state index contributed by atoms with van der Waals surface area (Å²) in [4.78, 5) is 2.57. The second-order valence-corrected chi connectivity index (χ2v) is 5.79. The Hall–Kier alpha value is -1.18. The number of nitrogens with zero attached hydrogens (tertiary/aromatic N) is 1. The van der Waals surface area contributed by atoms with Crippen molar-refractivity contribution in [3.05, 3.63) is 23.8 Å². The van der Waals surface area contributed by atoms with Crippen LogP contribution in [0.3, 0.4) is 0 Å². The van der Waals surface area contributed by atoms with Crippen molar-refractivity contribution in [1.29, 1.82) is 0 Å². The van der Waals surface area contributed by atoms with Gasteiger partial charge in [0, 0.05) is 30.5 Å². The van der Waals surface area contributed by atoms with Crippen LogP contribution >= 0.6 is 0 Å². The monoisotopic (exact) mass is 260 g/mol. The van der Waals surface area contributed by atoms with E-state index in [0.29, 0.717) is 6.04 Å². The fourth-order valence-corrected chi connectivity index (χ4v) is 2.80. The summed E-state index contributed by atoms with van der Waals surface area (Å²) in [6.07, 6.45) is 6.28. The molecule has 1 heterocycles. The third-order valence-corrected chi connectivity index (χ3v) is 3.95. The lowest BCUT2D eigenvalue weighted by Crippen LogP contribution is -2.25. The summed E-state index contributed by atoms with van der Waals surface area (Å²) in [5, 5.41) is 3.53. The van der Waals surface area contributed by atoms with Crippen LogP contribution in [0.1, 0.15) is 52.0 Å². The molecule has 1 aromatic carbocycles. The van der Waals surface area contributed by atoms with Crippen molar-refractivity contribution in [3.63, 3.8) is 0 Å². The number of unbranched alkanes of at least 4 members (excludes halogenated alkanes) is 2. The molecule has 106 valence electrons. The highest BCUT2D eigenvalue weighted by Crippen LogP contribution is 2.30. The molecule has 19 heavy (non-hydrogen) atoms. The molecular formula is C17H28N2. The minimum atomic E-state index is 0.588. The van der Waals surface area contributed by atoms with Crippen LogP contribution in [0.25, 0.3) is 0 Å². The molecule has 2 heteroatoms. The van der Waals surface area contributed by atoms with Gasteiger partial charge in [0.1, 0.15) is 0 Å². The molecule has 1 aliphatic rings. The fourth-order valence-electron chi connectivity index (χ4n) is 2.80. The van der Waals surface area contributed by atoms with E-state index in [1.54, 1.807) is 0 Å². The van der Waals surface area contributed by atoms with E-state index < -0.39 is 0 Å². The fraction of sp³-hybridized carbons (Fsp3) is 0.647. The van der Waals surface area contributed by atoms with Gasteiger partial charge in [-0.05, 0) is 49.9 Å². The van der Waals surface area contributed by atoms with Gasteiger partial charge in [-0.25, -0.2) is 0 Å². The minimum Gasteiger partial charge on any atom is -0.382 e. The summed E-state index contributed by atoms with van der Waals surface area (Å²) < 4.78 is 0. The van der Waals surface area contributed by atoms with Crippen LogP contribution in [-0.4, -0.2) is 19.1 Å². The van der Waals surface area contributed by atoms with Crippen molar-refractivity contribution in [1.82, 2.24) is 0 Å². The van der Waals surface area contributed by atoms with Gasteiger partial charge in [0.25, 0.3) is 0 Å². The zero-order valence-electron chi connectivity index (χ0n) is 12.7. The van der Waals surface area contributed by atoms with Gasteiger partial charge in [-0.1, -0.05) is 26.7 Å². The van der Waals surface area contributed by atoms with Gasteiger partial charge in [-0.3, -0.25) is 0 Å². The van der Waals surface area contributed by atoms with E-state index in [2.05, 4.69) is 49.2 Å². The van der Waals surface area contributed by atoms with E-state index in [-0.39, 0.29) is 0 Å². The zero-order chi connectivity index (χ0) is 13.7. The van der Waals surface area contributed by atoms with Crippen molar-refractivity contribution >= 4 is 11.4 Å². The minimum absolute atomic E-state index is 0.588. The molecule has 0 fully saturated rings. The van der Waals surface area contributed by atoms with Crippen molar-refractivity contribution < 1.29 is 0 Å². The highest BCUT2D eigenvalue weighted by atomic mass is 15.1. The molecule has 0 saturated heterocycles. The third kappa shape index (κ3) is 3.65. The Morgan fingerprint density at radius 1 is 1.16 bits per heavy atom. The molecule has 0 saturated carbocycles. The van der Waals surface area contributed by atoms with Crippen molar-refractivity contribution in [2.75, 3.05) is 23.3 Å². The second-order valence-electron chi connectivity index (χ2n) is 5.79. The summed E-state index contributed by atoms with van der Waals surface area (Å²) in [6.45, 7) is 9.18. The molecule has 1 aromatic rings. The largest absolute Gasteiger partial charge is 0.382 e. The highest BCUT2D eigenvalue weighted by molar-refractivity contribution is 5.64. The normalized spacial score (nSPS) is 17.1. The van der Waals surface area contributed by atoms with Crippen LogP contribution in [0.15, 0.2) is 18.2 Å². The predicted octanol–water partition coefficient (Wildman–Crippen LogP) is 4.45. The lowest BCUT2D eigenvalue weighted by atomic mass is 10.1. The van der Waals surface area contributed by atoms with E-state index in [0.717, 1.165) is 0 Å². The Morgan fingerprint density at radius 3 is 2.47 bits per heavy atom. The van der Waals surface area contributed by atoms with E-state index >= 15 is 0 Å². The molecule has 0 radical (unpaired) electrons. The quantitative estimate of drug-likeness (QED) is 0.779. The molecule has 0 aromatic heterocycles. The first-order valence-electron chi connectivity index (χ1n) is 7.89. The average molecular weight is 260 g/mol. The number of anilines is 2. The van der Waals surface area contributed by atoms with Crippen LogP contribution in [0.5, 0.6) is 0 Å². The summed E-state index contributed by atoms with van der Waals surface area (Å²) in [7, 11) is 0. The number of hydrogen-bond acceptors (Lipinski definition) is 2. The van der Waals surface area contributed by atoms with Gasteiger partial charge in [-0.2, -0.15) is 0 Å². The van der Waals surface area contributed by atoms with Crippen LogP contribution in [-0.2, 0) is 6.42 Å². The first-order chi connectivity index (χ1) is 9.24. The van der Waals surface area contributed by atoms with Crippen molar-refractivity contribution in [3.8, 4) is 0 Å². The molecule has 1 aliphatic heterocycles. The molecule has 0 amide bonds. The van der Waals surface area contributed by atoms with Crippen molar-refractivity contribution in [2.24, 2.45) is 0 Å². The zero-order valence-corrected chi connectivity index (χ0v) is 12.7. The van der Waals surface area contributed by atoms with E-state index in [4.69, 9.17) is 0 Å². The highest BCUT2D eigenvalue weighted by Gasteiger charge is 2.17. The number of fused-ring (bicyclic) bond motifs is 1. The van der Waals surface area contributed by atoms with Crippen LogP contribution in [0, 0.1) is 0 Å². The summed E-state index contributed by atoms with van der Waals surface area (Å²) in [5.74, 6) is 0. The lowest BCUT2D eigenvalue weighted by Gasteiger charge is -2.25. The van der Waals surface area contributed by atoms with E-state index in [1.165, 1.54) is 62.1 Å². The number of rotatable bonds is 7. The van der Waals surface area contributed by atoms with Gasteiger partial charge in [0.2, 0.25) is 0 Å². The second kappa shape index (κ2) is 6.83. The van der Waals surface area contributed by atoms with Crippen LogP contribution in [0.2, 0.25) is 0 Å². The molecule has 1 N–H and O–H groups in total. The molecular weight excluding hydrogens is 232 g/mol. The molecule has 2 nitrogen and oxygen atoms in total. The van der Waals surface area contributed by atoms with E-state index in [1.807, 2.05) is 0 Å². The molecule has 0 bridgehead atoms. The van der Waals surface area contributed by atoms with Crippen LogP contribution < -0.4 is 10.2 Å². The molecule has 0 spiro atoms. The number of nitrogens with one attached hydrogen (secondary N) is 1. The summed E-state index contributed by atoms with van der Waals surface area (Å²) in [6, 6.07) is 7.54. The standard InChI is InChI=1S/C17H28N2/c1-4-6-10-19(11-7-5-2)16-8-9-17-15(13-16)12-14(3)18-17/h8-9,13-14,18H,4-7,10-12H2,1-3H3. The number of hydrogen-bond donors (Lipinski definition) is 1. The molecule has 1 atom stereocenters. The van der Waals surface area contributed by atoms with Crippen LogP contribution in [0.4, 0.5) is 11.4 Å². The number of benzene rings is 1. The predicted molar refractivity (Wildman–Crippen MR) is 85.3 cm³/mol. The Kier molecular flexibility index (Phi) is 5.12. The Bertz CT molecular complexity index is 392. The maximum Gasteiger partial charge on any atom is 0.0377 e. The van der Waals surface area contributed by atoms with Gasteiger partial charge in [0.05, 0.1) is 0 Å². The average Bonchev–Trinajstić information content (AvgIpc) is 2.78.